The summed E-state index contributed by atoms with van der Waals surface area (Å²) in [4.78, 5) is 36.7. The number of carbonyl (C=O) groups is 3. The number of nitrogens with one attached hydrogen (secondary N) is 1. The number of carboxylic acid groups (broad SMARTS) is 1. The molecule has 3 atom stereocenters. The van der Waals surface area contributed by atoms with E-state index in [-0.39, 0.29) is 24.3 Å². The monoisotopic (exact) mass is 284 g/mol. The highest BCUT2D eigenvalue weighted by atomic mass is 16.4. The van der Waals surface area contributed by atoms with Gasteiger partial charge in [-0.25, -0.2) is 0 Å². The van der Waals surface area contributed by atoms with Crippen LogP contribution in [0.5, 0.6) is 0 Å². The molecule has 6 heteroatoms. The second-order valence-corrected chi connectivity index (χ2v) is 5.32. The molecule has 1 rings (SSSR count). The van der Waals surface area contributed by atoms with Crippen LogP contribution in [0.1, 0.15) is 33.1 Å². The number of carboxylic acids is 1. The largest absolute Gasteiger partial charge is 0.481 e. The molecule has 0 heterocycles. The van der Waals surface area contributed by atoms with Gasteiger partial charge in [0.25, 0.3) is 0 Å². The minimum absolute atomic E-state index is 0.00847. The molecule has 0 aromatic heterocycles. The lowest BCUT2D eigenvalue weighted by Crippen LogP contribution is -2.44. The van der Waals surface area contributed by atoms with Crippen molar-refractivity contribution in [2.45, 2.75) is 33.1 Å². The SMILES string of the molecule is CCC1CC(C(=O)O)C(C(=O)N(CC)CC(=O)NC)C1. The maximum absolute atomic E-state index is 12.5. The molecule has 3 unspecified atom stereocenters. The van der Waals surface area contributed by atoms with Crippen molar-refractivity contribution in [2.24, 2.45) is 17.8 Å². The second-order valence-electron chi connectivity index (χ2n) is 5.32. The minimum atomic E-state index is -0.907. The molecule has 0 bridgehead atoms. The highest BCUT2D eigenvalue weighted by Gasteiger charge is 2.43. The Bertz CT molecular complexity index is 383. The van der Waals surface area contributed by atoms with Crippen molar-refractivity contribution in [1.82, 2.24) is 10.2 Å². The first-order valence-electron chi connectivity index (χ1n) is 7.16. The summed E-state index contributed by atoms with van der Waals surface area (Å²) >= 11 is 0. The van der Waals surface area contributed by atoms with E-state index in [4.69, 9.17) is 0 Å². The maximum atomic E-state index is 12.5. The minimum Gasteiger partial charge on any atom is -0.481 e. The third kappa shape index (κ3) is 3.71. The zero-order valence-corrected chi connectivity index (χ0v) is 12.4. The van der Waals surface area contributed by atoms with Gasteiger partial charge in [-0.05, 0) is 25.7 Å². The number of rotatable bonds is 6. The topological polar surface area (TPSA) is 86.7 Å². The maximum Gasteiger partial charge on any atom is 0.307 e. The van der Waals surface area contributed by atoms with Crippen molar-refractivity contribution >= 4 is 17.8 Å². The lowest BCUT2D eigenvalue weighted by molar-refractivity contribution is -0.149. The third-order valence-corrected chi connectivity index (χ3v) is 4.18. The molecule has 0 aromatic rings. The molecule has 0 radical (unpaired) electrons. The zero-order chi connectivity index (χ0) is 15.3. The van der Waals surface area contributed by atoms with Gasteiger partial charge in [0.2, 0.25) is 11.8 Å². The summed E-state index contributed by atoms with van der Waals surface area (Å²) in [5.41, 5.74) is 0. The molecule has 1 saturated carbocycles. The van der Waals surface area contributed by atoms with Gasteiger partial charge in [-0.15, -0.1) is 0 Å². The molecule has 2 amide bonds. The molecule has 1 aliphatic carbocycles. The van der Waals surface area contributed by atoms with Crippen molar-refractivity contribution < 1.29 is 19.5 Å². The molecule has 1 aliphatic rings. The molecular formula is C14H24N2O4. The van der Waals surface area contributed by atoms with Crippen molar-refractivity contribution in [3.63, 3.8) is 0 Å². The number of carbonyl (C=O) groups excluding carboxylic acids is 2. The van der Waals surface area contributed by atoms with E-state index in [1.807, 2.05) is 6.92 Å². The van der Waals surface area contributed by atoms with Crippen LogP contribution in [0.15, 0.2) is 0 Å². The van der Waals surface area contributed by atoms with Gasteiger partial charge < -0.3 is 15.3 Å². The fourth-order valence-electron chi connectivity index (χ4n) is 2.85. The summed E-state index contributed by atoms with van der Waals surface area (Å²) in [7, 11) is 1.52. The molecule has 114 valence electrons. The molecule has 0 saturated heterocycles. The smallest absolute Gasteiger partial charge is 0.307 e. The van der Waals surface area contributed by atoms with Gasteiger partial charge in [0.15, 0.2) is 0 Å². The van der Waals surface area contributed by atoms with Gasteiger partial charge in [-0.2, -0.15) is 0 Å². The molecule has 1 fully saturated rings. The highest BCUT2D eigenvalue weighted by Crippen LogP contribution is 2.39. The first-order valence-corrected chi connectivity index (χ1v) is 7.16. The Morgan fingerprint density at radius 2 is 1.80 bits per heavy atom. The Morgan fingerprint density at radius 3 is 2.25 bits per heavy atom. The molecule has 0 aromatic carbocycles. The summed E-state index contributed by atoms with van der Waals surface area (Å²) in [6.45, 7) is 4.21. The zero-order valence-electron chi connectivity index (χ0n) is 12.4. The van der Waals surface area contributed by atoms with Crippen molar-refractivity contribution in [2.75, 3.05) is 20.1 Å². The fourth-order valence-corrected chi connectivity index (χ4v) is 2.85. The predicted octanol–water partition coefficient (Wildman–Crippen LogP) is 0.718. The van der Waals surface area contributed by atoms with Crippen LogP contribution in [0.25, 0.3) is 0 Å². The summed E-state index contributed by atoms with van der Waals surface area (Å²) in [6.07, 6.45) is 2.05. The third-order valence-electron chi connectivity index (χ3n) is 4.18. The standard InChI is InChI=1S/C14H24N2O4/c1-4-9-6-10(11(7-9)14(19)20)13(18)16(5-2)8-12(17)15-3/h9-11H,4-8H2,1-3H3,(H,15,17)(H,19,20). The molecule has 6 nitrogen and oxygen atoms in total. The number of hydrogen-bond acceptors (Lipinski definition) is 3. The molecular weight excluding hydrogens is 260 g/mol. The Labute approximate surface area is 119 Å². The van der Waals surface area contributed by atoms with Gasteiger partial charge >= 0.3 is 5.97 Å². The number of amides is 2. The summed E-state index contributed by atoms with van der Waals surface area (Å²) in [6, 6.07) is 0. The van der Waals surface area contributed by atoms with Gasteiger partial charge in [0.1, 0.15) is 0 Å². The number of aliphatic carboxylic acids is 1. The van der Waals surface area contributed by atoms with Crippen molar-refractivity contribution in [3.05, 3.63) is 0 Å². The average Bonchev–Trinajstić information content (AvgIpc) is 2.88. The Kier molecular flexibility index (Phi) is 5.98. The van der Waals surface area contributed by atoms with E-state index < -0.39 is 17.8 Å². The normalized spacial score (nSPS) is 25.2. The quantitative estimate of drug-likeness (QED) is 0.752. The van der Waals surface area contributed by atoms with Crippen molar-refractivity contribution in [1.29, 1.82) is 0 Å². The van der Waals surface area contributed by atoms with Crippen LogP contribution in [0.4, 0.5) is 0 Å². The molecule has 20 heavy (non-hydrogen) atoms. The average molecular weight is 284 g/mol. The fraction of sp³-hybridized carbons (Fsp3) is 0.786. The van der Waals surface area contributed by atoms with Crippen LogP contribution < -0.4 is 5.32 Å². The second kappa shape index (κ2) is 7.26. The van der Waals surface area contributed by atoms with Crippen LogP contribution in [0, 0.1) is 17.8 Å². The van der Waals surface area contributed by atoms with E-state index >= 15 is 0 Å². The number of hydrogen-bond donors (Lipinski definition) is 2. The van der Waals surface area contributed by atoms with Crippen LogP contribution in [0.3, 0.4) is 0 Å². The van der Waals surface area contributed by atoms with E-state index in [0.717, 1.165) is 6.42 Å². The van der Waals surface area contributed by atoms with Gasteiger partial charge in [0.05, 0.1) is 18.4 Å². The van der Waals surface area contributed by atoms with E-state index in [1.165, 1.54) is 11.9 Å². The number of likely N-dealkylation sites (N-methyl/N-ethyl adjacent to an activating group) is 2. The Hall–Kier alpha value is -1.59. The molecule has 0 aliphatic heterocycles. The van der Waals surface area contributed by atoms with E-state index in [9.17, 15) is 19.5 Å². The first-order chi connectivity index (χ1) is 9.44. The summed E-state index contributed by atoms with van der Waals surface area (Å²) < 4.78 is 0. The van der Waals surface area contributed by atoms with E-state index in [1.54, 1.807) is 6.92 Å². The molecule has 2 N–H and O–H groups in total. The van der Waals surface area contributed by atoms with E-state index in [2.05, 4.69) is 5.32 Å². The predicted molar refractivity (Wildman–Crippen MR) is 74.0 cm³/mol. The lowest BCUT2D eigenvalue weighted by atomic mass is 9.94. The number of nitrogens with zero attached hydrogens (tertiary/aromatic N) is 1. The first kappa shape index (κ1) is 16.5. The Morgan fingerprint density at radius 1 is 1.20 bits per heavy atom. The van der Waals surface area contributed by atoms with Crippen LogP contribution in [-0.4, -0.2) is 47.9 Å². The van der Waals surface area contributed by atoms with Crippen LogP contribution in [0.2, 0.25) is 0 Å². The molecule has 0 spiro atoms. The lowest BCUT2D eigenvalue weighted by Gasteiger charge is -2.25. The summed E-state index contributed by atoms with van der Waals surface area (Å²) in [5, 5.41) is 11.8. The van der Waals surface area contributed by atoms with Gasteiger partial charge in [-0.3, -0.25) is 14.4 Å². The van der Waals surface area contributed by atoms with E-state index in [0.29, 0.717) is 19.4 Å². The Balaban J connectivity index is 2.81. The van der Waals surface area contributed by atoms with Crippen molar-refractivity contribution in [3.8, 4) is 0 Å². The summed E-state index contributed by atoms with van der Waals surface area (Å²) in [5.74, 6) is -2.19. The van der Waals surface area contributed by atoms with Gasteiger partial charge in [0, 0.05) is 13.6 Å². The highest BCUT2D eigenvalue weighted by molar-refractivity contribution is 5.89. The van der Waals surface area contributed by atoms with Gasteiger partial charge in [-0.1, -0.05) is 13.3 Å². The van der Waals surface area contributed by atoms with Crippen LogP contribution in [-0.2, 0) is 14.4 Å². The van der Waals surface area contributed by atoms with Crippen LogP contribution >= 0.6 is 0 Å².